The maximum atomic E-state index is 6.62. The molecule has 3 heteroatoms. The molecular formula is C23H18BrNO. The van der Waals surface area contributed by atoms with Gasteiger partial charge < -0.3 is 9.72 Å². The highest BCUT2D eigenvalue weighted by atomic mass is 79.9. The number of aromatic amines is 1. The molecule has 0 spiro atoms. The number of benzene rings is 3. The predicted molar refractivity (Wildman–Crippen MR) is 108 cm³/mol. The van der Waals surface area contributed by atoms with E-state index >= 15 is 0 Å². The number of H-pyrrole nitrogens is 1. The quantitative estimate of drug-likeness (QED) is 0.415. The van der Waals surface area contributed by atoms with Gasteiger partial charge in [-0.05, 0) is 34.9 Å². The lowest BCUT2D eigenvalue weighted by Crippen LogP contribution is -2.21. The first-order chi connectivity index (χ1) is 12.8. The Morgan fingerprint density at radius 3 is 2.46 bits per heavy atom. The van der Waals surface area contributed by atoms with Crippen LogP contribution in [0, 0.1) is 0 Å². The van der Waals surface area contributed by atoms with Crippen molar-refractivity contribution >= 4 is 26.8 Å². The monoisotopic (exact) mass is 403 g/mol. The highest BCUT2D eigenvalue weighted by Crippen LogP contribution is 2.43. The van der Waals surface area contributed by atoms with Gasteiger partial charge in [-0.1, -0.05) is 76.6 Å². The average molecular weight is 404 g/mol. The SMILES string of the molecule is Brc1cccc([C@@H]2O[C@H](c3ccccc3)Cc3c2[nH]c2ccccc32)c1. The fourth-order valence-corrected chi connectivity index (χ4v) is 4.33. The van der Waals surface area contributed by atoms with E-state index in [1.807, 2.05) is 6.07 Å². The van der Waals surface area contributed by atoms with Crippen LogP contribution in [0.4, 0.5) is 0 Å². The summed E-state index contributed by atoms with van der Waals surface area (Å²) in [5.41, 5.74) is 6.10. The number of aromatic nitrogens is 1. The number of hydrogen-bond donors (Lipinski definition) is 1. The zero-order valence-corrected chi connectivity index (χ0v) is 15.7. The van der Waals surface area contributed by atoms with Crippen LogP contribution in [-0.2, 0) is 11.2 Å². The van der Waals surface area contributed by atoms with Gasteiger partial charge in [-0.2, -0.15) is 0 Å². The van der Waals surface area contributed by atoms with Gasteiger partial charge in [0.2, 0.25) is 0 Å². The van der Waals surface area contributed by atoms with Crippen molar-refractivity contribution in [2.75, 3.05) is 0 Å². The smallest absolute Gasteiger partial charge is 0.123 e. The molecule has 1 N–H and O–H groups in total. The Bertz CT molecular complexity index is 1070. The summed E-state index contributed by atoms with van der Waals surface area (Å²) in [6, 6.07) is 27.5. The van der Waals surface area contributed by atoms with Crippen molar-refractivity contribution in [3.63, 3.8) is 0 Å². The van der Waals surface area contributed by atoms with Crippen molar-refractivity contribution in [1.29, 1.82) is 0 Å². The standard InChI is InChI=1S/C23H18BrNO/c24-17-10-6-9-16(13-17)23-22-19(18-11-4-5-12-20(18)25-22)14-21(26-23)15-7-2-1-3-8-15/h1-13,21,23,25H,14H2/t21-,23-/m0/s1. The highest BCUT2D eigenvalue weighted by molar-refractivity contribution is 9.10. The minimum Gasteiger partial charge on any atom is -0.359 e. The van der Waals surface area contributed by atoms with Crippen LogP contribution in [-0.4, -0.2) is 4.98 Å². The molecule has 1 aliphatic rings. The molecule has 26 heavy (non-hydrogen) atoms. The topological polar surface area (TPSA) is 25.0 Å². The van der Waals surface area contributed by atoms with Gasteiger partial charge in [-0.25, -0.2) is 0 Å². The maximum Gasteiger partial charge on any atom is 0.123 e. The Morgan fingerprint density at radius 2 is 1.62 bits per heavy atom. The summed E-state index contributed by atoms with van der Waals surface area (Å²) in [6.45, 7) is 0. The Labute approximate surface area is 161 Å². The largest absolute Gasteiger partial charge is 0.359 e. The normalized spacial score (nSPS) is 19.4. The molecule has 0 unspecified atom stereocenters. The van der Waals surface area contributed by atoms with Crippen LogP contribution >= 0.6 is 15.9 Å². The summed E-state index contributed by atoms with van der Waals surface area (Å²) in [4.78, 5) is 3.62. The van der Waals surface area contributed by atoms with Gasteiger partial charge in [0.15, 0.2) is 0 Å². The predicted octanol–water partition coefficient (Wildman–Crippen LogP) is 6.33. The van der Waals surface area contributed by atoms with Crippen molar-refractivity contribution in [1.82, 2.24) is 4.98 Å². The van der Waals surface area contributed by atoms with E-state index in [1.165, 1.54) is 27.7 Å². The molecule has 4 aromatic rings. The molecule has 2 heterocycles. The van der Waals surface area contributed by atoms with Crippen LogP contribution in [0.3, 0.4) is 0 Å². The zero-order valence-electron chi connectivity index (χ0n) is 14.2. The van der Waals surface area contributed by atoms with Crippen molar-refractivity contribution in [3.8, 4) is 0 Å². The van der Waals surface area contributed by atoms with E-state index < -0.39 is 0 Å². The molecule has 0 saturated heterocycles. The minimum absolute atomic E-state index is 0.0480. The average Bonchev–Trinajstić information content (AvgIpc) is 3.06. The molecule has 0 saturated carbocycles. The highest BCUT2D eigenvalue weighted by Gasteiger charge is 2.32. The van der Waals surface area contributed by atoms with Crippen LogP contribution in [0.25, 0.3) is 10.9 Å². The molecular weight excluding hydrogens is 386 g/mol. The zero-order chi connectivity index (χ0) is 17.5. The first kappa shape index (κ1) is 15.9. The first-order valence-corrected chi connectivity index (χ1v) is 9.64. The summed E-state index contributed by atoms with van der Waals surface area (Å²) in [5, 5.41) is 1.30. The summed E-state index contributed by atoms with van der Waals surface area (Å²) in [6.07, 6.45) is 0.828. The number of fused-ring (bicyclic) bond motifs is 3. The molecule has 3 aromatic carbocycles. The van der Waals surface area contributed by atoms with Crippen LogP contribution in [0.2, 0.25) is 0 Å². The third kappa shape index (κ3) is 2.68. The number of ether oxygens (including phenoxy) is 1. The summed E-state index contributed by atoms with van der Waals surface area (Å²) < 4.78 is 7.69. The number of para-hydroxylation sites is 1. The van der Waals surface area contributed by atoms with Crippen LogP contribution < -0.4 is 0 Å². The summed E-state index contributed by atoms with van der Waals surface area (Å²) in [5.74, 6) is 0. The Balaban J connectivity index is 1.69. The molecule has 2 nitrogen and oxygen atoms in total. The van der Waals surface area contributed by atoms with Gasteiger partial charge >= 0.3 is 0 Å². The van der Waals surface area contributed by atoms with Gasteiger partial charge in [-0.15, -0.1) is 0 Å². The fraction of sp³-hybridized carbons (Fsp3) is 0.130. The molecule has 0 bridgehead atoms. The van der Waals surface area contributed by atoms with Crippen molar-refractivity contribution in [2.24, 2.45) is 0 Å². The lowest BCUT2D eigenvalue weighted by Gasteiger charge is -2.31. The molecule has 0 aliphatic carbocycles. The van der Waals surface area contributed by atoms with E-state index in [1.54, 1.807) is 0 Å². The van der Waals surface area contributed by atoms with Gasteiger partial charge in [0.05, 0.1) is 11.8 Å². The van der Waals surface area contributed by atoms with E-state index in [-0.39, 0.29) is 12.2 Å². The Kier molecular flexibility index (Phi) is 3.92. The van der Waals surface area contributed by atoms with E-state index in [2.05, 4.69) is 93.7 Å². The third-order valence-corrected chi connectivity index (χ3v) is 5.61. The van der Waals surface area contributed by atoms with E-state index in [9.17, 15) is 0 Å². The summed E-state index contributed by atoms with van der Waals surface area (Å²) in [7, 11) is 0. The molecule has 5 rings (SSSR count). The second-order valence-electron chi connectivity index (χ2n) is 6.74. The van der Waals surface area contributed by atoms with E-state index in [0.717, 1.165) is 16.5 Å². The van der Waals surface area contributed by atoms with E-state index in [4.69, 9.17) is 4.74 Å². The van der Waals surface area contributed by atoms with Gasteiger partial charge in [-0.3, -0.25) is 0 Å². The minimum atomic E-state index is -0.103. The van der Waals surface area contributed by atoms with Crippen molar-refractivity contribution in [2.45, 2.75) is 18.6 Å². The second kappa shape index (κ2) is 6.42. The molecule has 2 atom stereocenters. The van der Waals surface area contributed by atoms with E-state index in [0.29, 0.717) is 0 Å². The van der Waals surface area contributed by atoms with Gasteiger partial charge in [0, 0.05) is 21.8 Å². The van der Waals surface area contributed by atoms with Crippen LogP contribution in [0.5, 0.6) is 0 Å². The number of nitrogens with one attached hydrogen (secondary N) is 1. The lowest BCUT2D eigenvalue weighted by molar-refractivity contribution is -0.00703. The van der Waals surface area contributed by atoms with Crippen molar-refractivity contribution < 1.29 is 4.74 Å². The Morgan fingerprint density at radius 1 is 0.846 bits per heavy atom. The molecule has 1 aromatic heterocycles. The first-order valence-electron chi connectivity index (χ1n) is 8.85. The van der Waals surface area contributed by atoms with Crippen LogP contribution in [0.15, 0.2) is 83.3 Å². The van der Waals surface area contributed by atoms with Gasteiger partial charge in [0.1, 0.15) is 6.10 Å². The summed E-state index contributed by atoms with van der Waals surface area (Å²) >= 11 is 3.60. The third-order valence-electron chi connectivity index (χ3n) is 5.12. The maximum absolute atomic E-state index is 6.62. The van der Waals surface area contributed by atoms with Crippen LogP contribution in [0.1, 0.15) is 34.6 Å². The number of halogens is 1. The molecule has 0 radical (unpaired) electrons. The second-order valence-corrected chi connectivity index (χ2v) is 7.65. The number of rotatable bonds is 2. The van der Waals surface area contributed by atoms with Crippen molar-refractivity contribution in [3.05, 3.63) is 106 Å². The lowest BCUT2D eigenvalue weighted by atomic mass is 9.92. The Hall–Kier alpha value is -2.36. The molecule has 128 valence electrons. The number of hydrogen-bond acceptors (Lipinski definition) is 1. The molecule has 1 aliphatic heterocycles. The molecule has 0 amide bonds. The molecule has 0 fully saturated rings. The fourth-order valence-electron chi connectivity index (χ4n) is 3.91. The van der Waals surface area contributed by atoms with Gasteiger partial charge in [0.25, 0.3) is 0 Å².